The van der Waals surface area contributed by atoms with E-state index in [1.807, 2.05) is 6.07 Å². The number of carbonyl (C=O) groups excluding carboxylic acids is 1. The number of benzene rings is 1. The van der Waals surface area contributed by atoms with E-state index in [0.717, 1.165) is 13.0 Å². The van der Waals surface area contributed by atoms with Gasteiger partial charge in [-0.05, 0) is 24.5 Å². The summed E-state index contributed by atoms with van der Waals surface area (Å²) in [5.74, 6) is 0.758. The van der Waals surface area contributed by atoms with Gasteiger partial charge in [-0.2, -0.15) is 5.26 Å². The lowest BCUT2D eigenvalue weighted by Crippen LogP contribution is -2.14. The Labute approximate surface area is 135 Å². The number of hydrogen-bond donors (Lipinski definition) is 2. The van der Waals surface area contributed by atoms with Crippen molar-refractivity contribution in [3.05, 3.63) is 47.8 Å². The Balaban J connectivity index is 1.99. The van der Waals surface area contributed by atoms with Crippen molar-refractivity contribution in [2.24, 2.45) is 5.92 Å². The van der Waals surface area contributed by atoms with Crippen LogP contribution >= 0.6 is 0 Å². The van der Waals surface area contributed by atoms with E-state index < -0.39 is 0 Å². The van der Waals surface area contributed by atoms with Gasteiger partial charge in [0, 0.05) is 18.9 Å². The number of nitrogens with zero attached hydrogens (tertiary/aromatic N) is 3. The summed E-state index contributed by atoms with van der Waals surface area (Å²) in [6.45, 7) is 5.09. The van der Waals surface area contributed by atoms with E-state index in [-0.39, 0.29) is 5.91 Å². The molecule has 0 unspecified atom stereocenters. The lowest BCUT2D eigenvalue weighted by atomic mass is 10.1. The van der Waals surface area contributed by atoms with Crippen molar-refractivity contribution in [1.29, 1.82) is 5.26 Å². The summed E-state index contributed by atoms with van der Waals surface area (Å²) in [5.41, 5.74) is 1.22. The molecule has 0 atom stereocenters. The minimum Gasteiger partial charge on any atom is -0.354 e. The highest BCUT2D eigenvalue weighted by molar-refractivity contribution is 6.04. The molecule has 0 saturated heterocycles. The largest absolute Gasteiger partial charge is 0.354 e. The quantitative estimate of drug-likeness (QED) is 0.855. The lowest BCUT2D eigenvalue weighted by Gasteiger charge is -2.08. The van der Waals surface area contributed by atoms with Crippen molar-refractivity contribution in [2.75, 3.05) is 17.2 Å². The molecule has 0 saturated carbocycles. The normalized spacial score (nSPS) is 10.2. The highest BCUT2D eigenvalue weighted by atomic mass is 16.1. The van der Waals surface area contributed by atoms with Gasteiger partial charge < -0.3 is 10.6 Å². The van der Waals surface area contributed by atoms with E-state index in [4.69, 9.17) is 5.26 Å². The zero-order valence-corrected chi connectivity index (χ0v) is 13.2. The van der Waals surface area contributed by atoms with Gasteiger partial charge in [0.15, 0.2) is 0 Å². The summed E-state index contributed by atoms with van der Waals surface area (Å²) in [6.07, 6.45) is 3.96. The van der Waals surface area contributed by atoms with Crippen molar-refractivity contribution in [1.82, 2.24) is 9.97 Å². The zero-order valence-electron chi connectivity index (χ0n) is 13.2. The number of nitrogens with one attached hydrogen (secondary N) is 2. The summed E-state index contributed by atoms with van der Waals surface area (Å²) in [7, 11) is 0. The standard InChI is InChI=1S/C17H19N5O/c1-12(2)7-8-19-17-20-10-14(11-21-17)16(23)22-15-6-4-3-5-13(15)9-18/h3-6,10-12H,7-8H2,1-2H3,(H,22,23)(H,19,20,21). The Bertz CT molecular complexity index is 704. The average Bonchev–Trinajstić information content (AvgIpc) is 2.55. The highest BCUT2D eigenvalue weighted by Crippen LogP contribution is 2.14. The molecule has 0 fully saturated rings. The van der Waals surface area contributed by atoms with Crippen LogP contribution in [-0.2, 0) is 0 Å². The van der Waals surface area contributed by atoms with Crippen molar-refractivity contribution >= 4 is 17.5 Å². The van der Waals surface area contributed by atoms with Crippen LogP contribution in [0.15, 0.2) is 36.7 Å². The molecule has 0 radical (unpaired) electrons. The molecule has 1 amide bonds. The average molecular weight is 309 g/mol. The van der Waals surface area contributed by atoms with Gasteiger partial charge in [-0.1, -0.05) is 26.0 Å². The zero-order chi connectivity index (χ0) is 16.7. The van der Waals surface area contributed by atoms with Crippen LogP contribution in [0.4, 0.5) is 11.6 Å². The van der Waals surface area contributed by atoms with Gasteiger partial charge in [-0.15, -0.1) is 0 Å². The predicted octanol–water partition coefficient (Wildman–Crippen LogP) is 3.06. The SMILES string of the molecule is CC(C)CCNc1ncc(C(=O)Nc2ccccc2C#N)cn1. The number of amides is 1. The van der Waals surface area contributed by atoms with Crippen molar-refractivity contribution in [3.63, 3.8) is 0 Å². The van der Waals surface area contributed by atoms with Gasteiger partial charge in [-0.3, -0.25) is 4.79 Å². The molecular weight excluding hydrogens is 290 g/mol. The smallest absolute Gasteiger partial charge is 0.258 e. The second-order valence-electron chi connectivity index (χ2n) is 5.52. The van der Waals surface area contributed by atoms with Crippen LogP contribution in [0.2, 0.25) is 0 Å². The third-order valence-corrected chi connectivity index (χ3v) is 3.21. The van der Waals surface area contributed by atoms with Gasteiger partial charge in [0.25, 0.3) is 5.91 Å². The Morgan fingerprint density at radius 2 is 1.96 bits per heavy atom. The molecule has 1 heterocycles. The first-order valence-electron chi connectivity index (χ1n) is 7.46. The topological polar surface area (TPSA) is 90.7 Å². The van der Waals surface area contributed by atoms with Crippen LogP contribution in [0, 0.1) is 17.2 Å². The van der Waals surface area contributed by atoms with E-state index >= 15 is 0 Å². The number of aromatic nitrogens is 2. The second-order valence-corrected chi connectivity index (χ2v) is 5.52. The van der Waals surface area contributed by atoms with Crippen LogP contribution in [0.25, 0.3) is 0 Å². The lowest BCUT2D eigenvalue weighted by molar-refractivity contribution is 0.102. The Morgan fingerprint density at radius 1 is 1.26 bits per heavy atom. The maximum Gasteiger partial charge on any atom is 0.258 e. The highest BCUT2D eigenvalue weighted by Gasteiger charge is 2.10. The maximum atomic E-state index is 12.2. The van der Waals surface area contributed by atoms with Crippen LogP contribution in [0.1, 0.15) is 36.2 Å². The minimum absolute atomic E-state index is 0.340. The molecule has 0 aliphatic heterocycles. The number of rotatable bonds is 6. The van der Waals surface area contributed by atoms with Gasteiger partial charge in [-0.25, -0.2) is 9.97 Å². The van der Waals surface area contributed by atoms with Crippen LogP contribution < -0.4 is 10.6 Å². The molecule has 1 aromatic carbocycles. The Kier molecular flexibility index (Phi) is 5.64. The van der Waals surface area contributed by atoms with Crippen LogP contribution in [-0.4, -0.2) is 22.4 Å². The number of nitriles is 1. The third kappa shape index (κ3) is 4.78. The summed E-state index contributed by atoms with van der Waals surface area (Å²) < 4.78 is 0. The molecular formula is C17H19N5O. The summed E-state index contributed by atoms with van der Waals surface area (Å²) in [4.78, 5) is 20.4. The molecule has 1 aromatic heterocycles. The minimum atomic E-state index is -0.346. The van der Waals surface area contributed by atoms with Gasteiger partial charge >= 0.3 is 0 Å². The molecule has 6 heteroatoms. The van der Waals surface area contributed by atoms with Crippen LogP contribution in [0.5, 0.6) is 0 Å². The Hall–Kier alpha value is -2.94. The van der Waals surface area contributed by atoms with Crippen LogP contribution in [0.3, 0.4) is 0 Å². The molecule has 2 N–H and O–H groups in total. The molecule has 2 aromatic rings. The fraction of sp³-hybridized carbons (Fsp3) is 0.294. The molecule has 23 heavy (non-hydrogen) atoms. The first-order valence-corrected chi connectivity index (χ1v) is 7.46. The van der Waals surface area contributed by atoms with E-state index in [2.05, 4.69) is 34.4 Å². The molecule has 0 aliphatic rings. The second kappa shape index (κ2) is 7.90. The van der Waals surface area contributed by atoms with Crippen molar-refractivity contribution in [2.45, 2.75) is 20.3 Å². The fourth-order valence-electron chi connectivity index (χ4n) is 1.89. The molecule has 0 spiro atoms. The number of anilines is 2. The Morgan fingerprint density at radius 3 is 2.61 bits per heavy atom. The summed E-state index contributed by atoms with van der Waals surface area (Å²) >= 11 is 0. The molecule has 0 bridgehead atoms. The molecule has 2 rings (SSSR count). The van der Waals surface area contributed by atoms with E-state index in [1.54, 1.807) is 24.3 Å². The first-order chi connectivity index (χ1) is 11.1. The number of para-hydroxylation sites is 1. The van der Waals surface area contributed by atoms with E-state index in [0.29, 0.717) is 28.7 Å². The van der Waals surface area contributed by atoms with Gasteiger partial charge in [0.1, 0.15) is 6.07 Å². The molecule has 0 aliphatic carbocycles. The number of hydrogen-bond acceptors (Lipinski definition) is 5. The number of carbonyl (C=O) groups is 1. The van der Waals surface area contributed by atoms with Crippen molar-refractivity contribution in [3.8, 4) is 6.07 Å². The fourth-order valence-corrected chi connectivity index (χ4v) is 1.89. The summed E-state index contributed by atoms with van der Waals surface area (Å²) in [6, 6.07) is 8.87. The van der Waals surface area contributed by atoms with E-state index in [9.17, 15) is 4.79 Å². The third-order valence-electron chi connectivity index (χ3n) is 3.21. The van der Waals surface area contributed by atoms with Crippen molar-refractivity contribution < 1.29 is 4.79 Å². The summed E-state index contributed by atoms with van der Waals surface area (Å²) in [5, 5.41) is 14.8. The predicted molar refractivity (Wildman–Crippen MR) is 89.1 cm³/mol. The molecule has 118 valence electrons. The van der Waals surface area contributed by atoms with E-state index in [1.165, 1.54) is 12.4 Å². The maximum absolute atomic E-state index is 12.2. The first kappa shape index (κ1) is 16.4. The monoisotopic (exact) mass is 309 g/mol. The van der Waals surface area contributed by atoms with Gasteiger partial charge in [0.05, 0.1) is 16.8 Å². The van der Waals surface area contributed by atoms with Gasteiger partial charge in [0.2, 0.25) is 5.95 Å². The molecule has 6 nitrogen and oxygen atoms in total.